The second-order valence-corrected chi connectivity index (χ2v) is 5.73. The topological polar surface area (TPSA) is 40.5 Å². The van der Waals surface area contributed by atoms with Crippen LogP contribution < -0.4 is 0 Å². The fourth-order valence-corrected chi connectivity index (χ4v) is 2.98. The van der Waals surface area contributed by atoms with E-state index in [1.165, 1.54) is 24.0 Å². The van der Waals surface area contributed by atoms with E-state index in [9.17, 15) is 4.79 Å². The normalized spacial score (nSPS) is 15.5. The predicted molar refractivity (Wildman–Crippen MR) is 80.6 cm³/mol. The lowest BCUT2D eigenvalue weighted by molar-refractivity contribution is -0.134. The molecule has 0 unspecified atom stereocenters. The van der Waals surface area contributed by atoms with Crippen LogP contribution in [-0.4, -0.2) is 35.1 Å². The summed E-state index contributed by atoms with van der Waals surface area (Å²) in [7, 11) is 0. The number of hydrogen-bond donors (Lipinski definition) is 1. The van der Waals surface area contributed by atoms with Crippen molar-refractivity contribution >= 4 is 5.91 Å². The molecule has 3 nitrogen and oxygen atoms in total. The van der Waals surface area contributed by atoms with Crippen LogP contribution in [0.15, 0.2) is 24.3 Å². The van der Waals surface area contributed by atoms with Gasteiger partial charge in [0.05, 0.1) is 6.61 Å². The standard InChI is InChI=1S/C17H25NO2/c1-14-6-8-15(9-7-14)10-11-17(20)18(12-13-19)16-4-2-3-5-16/h6-9,16,19H,2-5,10-13H2,1H3. The van der Waals surface area contributed by atoms with Gasteiger partial charge in [-0.3, -0.25) is 4.79 Å². The van der Waals surface area contributed by atoms with Crippen molar-refractivity contribution in [3.63, 3.8) is 0 Å². The molecule has 2 rings (SSSR count). The van der Waals surface area contributed by atoms with Crippen molar-refractivity contribution in [1.82, 2.24) is 4.90 Å². The molecule has 0 aliphatic heterocycles. The number of aliphatic hydroxyl groups is 1. The zero-order valence-electron chi connectivity index (χ0n) is 12.3. The van der Waals surface area contributed by atoms with Crippen LogP contribution in [0, 0.1) is 6.92 Å². The van der Waals surface area contributed by atoms with E-state index in [0.717, 1.165) is 19.3 Å². The van der Waals surface area contributed by atoms with E-state index in [1.807, 2.05) is 4.90 Å². The molecular weight excluding hydrogens is 250 g/mol. The number of nitrogens with zero attached hydrogens (tertiary/aromatic N) is 1. The number of hydrogen-bond acceptors (Lipinski definition) is 2. The summed E-state index contributed by atoms with van der Waals surface area (Å²) in [5, 5.41) is 9.17. The summed E-state index contributed by atoms with van der Waals surface area (Å²) in [6, 6.07) is 8.71. The SMILES string of the molecule is Cc1ccc(CCC(=O)N(CCO)C2CCCC2)cc1. The second-order valence-electron chi connectivity index (χ2n) is 5.73. The first-order chi connectivity index (χ1) is 9.70. The number of carbonyl (C=O) groups excluding carboxylic acids is 1. The summed E-state index contributed by atoms with van der Waals surface area (Å²) in [5.74, 6) is 0.187. The van der Waals surface area contributed by atoms with Crippen molar-refractivity contribution in [2.45, 2.75) is 51.5 Å². The highest BCUT2D eigenvalue weighted by Crippen LogP contribution is 2.24. The van der Waals surface area contributed by atoms with Crippen LogP contribution in [0.2, 0.25) is 0 Å². The Morgan fingerprint density at radius 1 is 1.25 bits per heavy atom. The Morgan fingerprint density at radius 3 is 2.50 bits per heavy atom. The third kappa shape index (κ3) is 4.07. The molecule has 1 amide bonds. The lowest BCUT2D eigenvalue weighted by atomic mass is 10.1. The lowest BCUT2D eigenvalue weighted by Gasteiger charge is -2.28. The molecule has 0 aromatic heterocycles. The Kier molecular flexibility index (Phi) is 5.60. The maximum Gasteiger partial charge on any atom is 0.223 e. The molecule has 0 bridgehead atoms. The summed E-state index contributed by atoms with van der Waals surface area (Å²) in [4.78, 5) is 14.3. The van der Waals surface area contributed by atoms with Crippen LogP contribution in [0.5, 0.6) is 0 Å². The quantitative estimate of drug-likeness (QED) is 0.867. The Hall–Kier alpha value is -1.35. The van der Waals surface area contributed by atoms with Crippen molar-refractivity contribution in [1.29, 1.82) is 0 Å². The van der Waals surface area contributed by atoms with Gasteiger partial charge >= 0.3 is 0 Å². The number of rotatable bonds is 6. The van der Waals surface area contributed by atoms with Crippen LogP contribution in [-0.2, 0) is 11.2 Å². The molecule has 0 heterocycles. The summed E-state index contributed by atoms with van der Waals surface area (Å²) < 4.78 is 0. The van der Waals surface area contributed by atoms with E-state index in [1.54, 1.807) is 0 Å². The number of carbonyl (C=O) groups is 1. The van der Waals surface area contributed by atoms with Crippen molar-refractivity contribution in [3.05, 3.63) is 35.4 Å². The predicted octanol–water partition coefficient (Wildman–Crippen LogP) is 2.69. The lowest BCUT2D eigenvalue weighted by Crippen LogP contribution is -2.40. The molecule has 1 aliphatic rings. The Balaban J connectivity index is 1.89. The maximum atomic E-state index is 12.4. The molecule has 0 radical (unpaired) electrons. The van der Waals surface area contributed by atoms with Crippen LogP contribution >= 0.6 is 0 Å². The third-order valence-corrected chi connectivity index (χ3v) is 4.17. The summed E-state index contributed by atoms with van der Waals surface area (Å²) in [6.07, 6.45) is 5.93. The van der Waals surface area contributed by atoms with Gasteiger partial charge in [-0.1, -0.05) is 42.7 Å². The molecule has 3 heteroatoms. The van der Waals surface area contributed by atoms with E-state index in [0.29, 0.717) is 19.0 Å². The Bertz CT molecular complexity index is 421. The fraction of sp³-hybridized carbons (Fsp3) is 0.588. The van der Waals surface area contributed by atoms with Crippen LogP contribution in [0.1, 0.15) is 43.2 Å². The van der Waals surface area contributed by atoms with Gasteiger partial charge in [0.2, 0.25) is 5.91 Å². The van der Waals surface area contributed by atoms with E-state index in [-0.39, 0.29) is 12.5 Å². The minimum absolute atomic E-state index is 0.0623. The van der Waals surface area contributed by atoms with Gasteiger partial charge in [-0.2, -0.15) is 0 Å². The van der Waals surface area contributed by atoms with Crippen molar-refractivity contribution in [2.75, 3.05) is 13.2 Å². The minimum atomic E-state index is 0.0623. The number of benzene rings is 1. The van der Waals surface area contributed by atoms with Gasteiger partial charge in [0.15, 0.2) is 0 Å². The highest BCUT2D eigenvalue weighted by Gasteiger charge is 2.25. The molecular formula is C17H25NO2. The monoisotopic (exact) mass is 275 g/mol. The first-order valence-corrected chi connectivity index (χ1v) is 7.66. The fourth-order valence-electron chi connectivity index (χ4n) is 2.98. The van der Waals surface area contributed by atoms with Gasteiger partial charge in [-0.25, -0.2) is 0 Å². The van der Waals surface area contributed by atoms with Gasteiger partial charge < -0.3 is 10.0 Å². The molecule has 0 saturated heterocycles. The largest absolute Gasteiger partial charge is 0.395 e. The first-order valence-electron chi connectivity index (χ1n) is 7.66. The summed E-state index contributed by atoms with van der Waals surface area (Å²) in [5.41, 5.74) is 2.45. The highest BCUT2D eigenvalue weighted by atomic mass is 16.3. The van der Waals surface area contributed by atoms with E-state index in [2.05, 4.69) is 31.2 Å². The van der Waals surface area contributed by atoms with Gasteiger partial charge in [-0.15, -0.1) is 0 Å². The molecule has 20 heavy (non-hydrogen) atoms. The smallest absolute Gasteiger partial charge is 0.223 e. The second kappa shape index (κ2) is 7.44. The molecule has 1 aliphatic carbocycles. The van der Waals surface area contributed by atoms with Gasteiger partial charge in [-0.05, 0) is 31.7 Å². The molecule has 1 N–H and O–H groups in total. The van der Waals surface area contributed by atoms with Crippen LogP contribution in [0.4, 0.5) is 0 Å². The number of aryl methyl sites for hydroxylation is 2. The molecule has 1 saturated carbocycles. The summed E-state index contributed by atoms with van der Waals surface area (Å²) in [6.45, 7) is 2.61. The molecule has 110 valence electrons. The van der Waals surface area contributed by atoms with Gasteiger partial charge in [0, 0.05) is 19.0 Å². The van der Waals surface area contributed by atoms with Gasteiger partial charge in [0.25, 0.3) is 0 Å². The highest BCUT2D eigenvalue weighted by molar-refractivity contribution is 5.76. The minimum Gasteiger partial charge on any atom is -0.395 e. The summed E-state index contributed by atoms with van der Waals surface area (Å²) >= 11 is 0. The van der Waals surface area contributed by atoms with Crippen molar-refractivity contribution < 1.29 is 9.90 Å². The molecule has 1 aromatic rings. The zero-order chi connectivity index (χ0) is 14.4. The number of aliphatic hydroxyl groups excluding tert-OH is 1. The van der Waals surface area contributed by atoms with E-state index < -0.39 is 0 Å². The average Bonchev–Trinajstić information content (AvgIpc) is 2.97. The molecule has 0 spiro atoms. The molecule has 1 fully saturated rings. The van der Waals surface area contributed by atoms with Crippen molar-refractivity contribution in [3.8, 4) is 0 Å². The molecule has 1 aromatic carbocycles. The van der Waals surface area contributed by atoms with Gasteiger partial charge in [0.1, 0.15) is 0 Å². The average molecular weight is 275 g/mol. The third-order valence-electron chi connectivity index (χ3n) is 4.17. The van der Waals surface area contributed by atoms with Crippen LogP contribution in [0.3, 0.4) is 0 Å². The number of amides is 1. The van der Waals surface area contributed by atoms with E-state index in [4.69, 9.17) is 5.11 Å². The first kappa shape index (κ1) is 15.0. The maximum absolute atomic E-state index is 12.4. The van der Waals surface area contributed by atoms with Crippen LogP contribution in [0.25, 0.3) is 0 Å². The Labute approximate surface area is 121 Å². The van der Waals surface area contributed by atoms with Crippen molar-refractivity contribution in [2.24, 2.45) is 0 Å². The Morgan fingerprint density at radius 2 is 1.90 bits per heavy atom. The molecule has 0 atom stereocenters. The van der Waals surface area contributed by atoms with E-state index >= 15 is 0 Å². The zero-order valence-corrected chi connectivity index (χ0v) is 12.3.